The maximum atomic E-state index is 11.6. The molecule has 0 aliphatic carbocycles. The van der Waals surface area contributed by atoms with Gasteiger partial charge in [-0.15, -0.1) is 11.3 Å². The Kier molecular flexibility index (Phi) is 5.17. The van der Waals surface area contributed by atoms with Gasteiger partial charge in [0.05, 0.1) is 11.3 Å². The summed E-state index contributed by atoms with van der Waals surface area (Å²) in [7, 11) is 1.51. The lowest BCUT2D eigenvalue weighted by Gasteiger charge is -2.07. The molecule has 6 N–H and O–H groups in total. The fourth-order valence-corrected chi connectivity index (χ4v) is 2.67. The maximum absolute atomic E-state index is 11.6. The molecule has 0 bridgehead atoms. The first-order chi connectivity index (χ1) is 8.88. The molecule has 0 aliphatic heterocycles. The van der Waals surface area contributed by atoms with Gasteiger partial charge in [0.25, 0.3) is 11.8 Å². The SMILES string of the molecule is CNC(=O)c1sc(NCCC(C)C)c(C(N)=O)c1N. The number of anilines is 2. The Balaban J connectivity index is 3.02. The van der Waals surface area contributed by atoms with Gasteiger partial charge in [-0.05, 0) is 12.3 Å². The number of nitrogens with two attached hydrogens (primary N) is 2. The third-order valence-corrected chi connectivity index (χ3v) is 3.79. The van der Waals surface area contributed by atoms with Crippen LogP contribution in [0.15, 0.2) is 0 Å². The molecular weight excluding hydrogens is 264 g/mol. The van der Waals surface area contributed by atoms with E-state index in [1.54, 1.807) is 0 Å². The van der Waals surface area contributed by atoms with Crippen molar-refractivity contribution >= 4 is 33.8 Å². The summed E-state index contributed by atoms with van der Waals surface area (Å²) >= 11 is 1.15. The summed E-state index contributed by atoms with van der Waals surface area (Å²) in [6.45, 7) is 4.91. The molecule has 19 heavy (non-hydrogen) atoms. The zero-order valence-corrected chi connectivity index (χ0v) is 12.2. The molecule has 1 aromatic rings. The van der Waals surface area contributed by atoms with Gasteiger partial charge in [-0.3, -0.25) is 9.59 Å². The second-order valence-electron chi connectivity index (χ2n) is 4.60. The number of primary amides is 1. The van der Waals surface area contributed by atoms with Crippen LogP contribution >= 0.6 is 11.3 Å². The number of hydrogen-bond donors (Lipinski definition) is 4. The lowest BCUT2D eigenvalue weighted by Crippen LogP contribution is -2.19. The van der Waals surface area contributed by atoms with Crippen LogP contribution in [0, 0.1) is 5.92 Å². The molecular formula is C12H20N4O2S. The Labute approximate surface area is 116 Å². The van der Waals surface area contributed by atoms with Crippen LogP contribution < -0.4 is 22.1 Å². The molecule has 0 saturated carbocycles. The maximum Gasteiger partial charge on any atom is 0.263 e. The highest BCUT2D eigenvalue weighted by molar-refractivity contribution is 7.19. The van der Waals surface area contributed by atoms with E-state index in [-0.39, 0.29) is 17.2 Å². The average molecular weight is 284 g/mol. The van der Waals surface area contributed by atoms with Crippen LogP contribution in [0.3, 0.4) is 0 Å². The fraction of sp³-hybridized carbons (Fsp3) is 0.500. The monoisotopic (exact) mass is 284 g/mol. The third kappa shape index (κ3) is 3.60. The van der Waals surface area contributed by atoms with Crippen molar-refractivity contribution in [1.29, 1.82) is 0 Å². The minimum Gasteiger partial charge on any atom is -0.397 e. The number of thiophene rings is 1. The van der Waals surface area contributed by atoms with Crippen molar-refractivity contribution < 1.29 is 9.59 Å². The van der Waals surface area contributed by atoms with E-state index in [2.05, 4.69) is 24.5 Å². The van der Waals surface area contributed by atoms with Gasteiger partial charge in [0.15, 0.2) is 0 Å². The van der Waals surface area contributed by atoms with Gasteiger partial charge in [0.2, 0.25) is 0 Å². The predicted molar refractivity (Wildman–Crippen MR) is 78.6 cm³/mol. The second-order valence-corrected chi connectivity index (χ2v) is 5.62. The highest BCUT2D eigenvalue weighted by Gasteiger charge is 2.23. The van der Waals surface area contributed by atoms with E-state index in [9.17, 15) is 9.59 Å². The Bertz CT molecular complexity index is 482. The van der Waals surface area contributed by atoms with Crippen molar-refractivity contribution in [3.8, 4) is 0 Å². The lowest BCUT2D eigenvalue weighted by molar-refractivity contribution is 0.0967. The number of carbonyl (C=O) groups excluding carboxylic acids is 2. The first kappa shape index (κ1) is 15.3. The number of nitrogen functional groups attached to an aromatic ring is 1. The Morgan fingerprint density at radius 3 is 2.47 bits per heavy atom. The normalized spacial score (nSPS) is 10.5. The highest BCUT2D eigenvalue weighted by Crippen LogP contribution is 2.35. The van der Waals surface area contributed by atoms with Crippen molar-refractivity contribution in [2.24, 2.45) is 11.7 Å². The van der Waals surface area contributed by atoms with Gasteiger partial charge in [0, 0.05) is 13.6 Å². The smallest absolute Gasteiger partial charge is 0.263 e. The molecule has 1 aromatic heterocycles. The van der Waals surface area contributed by atoms with E-state index in [0.29, 0.717) is 22.3 Å². The standard InChI is InChI=1S/C12H20N4O2S/c1-6(2)4-5-16-12-7(10(14)17)8(13)9(19-12)11(18)15-3/h6,16H,4-5,13H2,1-3H3,(H2,14,17)(H,15,18). The number of nitrogens with one attached hydrogen (secondary N) is 2. The highest BCUT2D eigenvalue weighted by atomic mass is 32.1. The summed E-state index contributed by atoms with van der Waals surface area (Å²) in [6, 6.07) is 0. The third-order valence-electron chi connectivity index (χ3n) is 2.63. The van der Waals surface area contributed by atoms with E-state index < -0.39 is 5.91 Å². The van der Waals surface area contributed by atoms with E-state index in [4.69, 9.17) is 11.5 Å². The van der Waals surface area contributed by atoms with Gasteiger partial charge in [-0.1, -0.05) is 13.8 Å². The predicted octanol–water partition coefficient (Wildman–Crippen LogP) is 1.25. The molecule has 7 heteroatoms. The molecule has 0 aliphatic rings. The Hall–Kier alpha value is -1.76. The van der Waals surface area contributed by atoms with Gasteiger partial charge in [-0.2, -0.15) is 0 Å². The molecule has 0 radical (unpaired) electrons. The van der Waals surface area contributed by atoms with Crippen LogP contribution in [0.2, 0.25) is 0 Å². The van der Waals surface area contributed by atoms with Gasteiger partial charge in [0.1, 0.15) is 9.88 Å². The minimum absolute atomic E-state index is 0.142. The summed E-state index contributed by atoms with van der Waals surface area (Å²) in [6.07, 6.45) is 0.950. The molecule has 0 spiro atoms. The molecule has 0 saturated heterocycles. The Morgan fingerprint density at radius 2 is 2.00 bits per heavy atom. The second kappa shape index (κ2) is 6.42. The average Bonchev–Trinajstić information content (AvgIpc) is 2.65. The van der Waals surface area contributed by atoms with Crippen LogP contribution in [0.5, 0.6) is 0 Å². The molecule has 1 heterocycles. The van der Waals surface area contributed by atoms with Crippen molar-refractivity contribution in [1.82, 2.24) is 5.32 Å². The molecule has 0 fully saturated rings. The molecule has 106 valence electrons. The van der Waals surface area contributed by atoms with Crippen molar-refractivity contribution in [2.75, 3.05) is 24.6 Å². The van der Waals surface area contributed by atoms with Gasteiger partial charge < -0.3 is 22.1 Å². The van der Waals surface area contributed by atoms with Crippen LogP contribution in [-0.4, -0.2) is 25.4 Å². The Morgan fingerprint density at radius 1 is 1.37 bits per heavy atom. The first-order valence-electron chi connectivity index (χ1n) is 6.06. The molecule has 0 aromatic carbocycles. The molecule has 1 rings (SSSR count). The van der Waals surface area contributed by atoms with E-state index in [1.165, 1.54) is 7.05 Å². The van der Waals surface area contributed by atoms with E-state index in [1.807, 2.05) is 0 Å². The zero-order chi connectivity index (χ0) is 14.6. The van der Waals surface area contributed by atoms with Crippen molar-refractivity contribution in [2.45, 2.75) is 20.3 Å². The summed E-state index contributed by atoms with van der Waals surface area (Å²) in [5, 5.41) is 6.17. The first-order valence-corrected chi connectivity index (χ1v) is 6.88. The van der Waals surface area contributed by atoms with Crippen molar-refractivity contribution in [3.05, 3.63) is 10.4 Å². The van der Waals surface area contributed by atoms with Crippen LogP contribution in [-0.2, 0) is 0 Å². The van der Waals surface area contributed by atoms with Crippen LogP contribution in [0.4, 0.5) is 10.7 Å². The summed E-state index contributed by atoms with van der Waals surface area (Å²) in [5.74, 6) is -0.405. The fourth-order valence-electron chi connectivity index (χ4n) is 1.57. The van der Waals surface area contributed by atoms with Crippen LogP contribution in [0.25, 0.3) is 0 Å². The molecule has 0 unspecified atom stereocenters. The molecule has 6 nitrogen and oxygen atoms in total. The minimum atomic E-state index is -0.629. The van der Waals surface area contributed by atoms with E-state index in [0.717, 1.165) is 17.8 Å². The largest absolute Gasteiger partial charge is 0.397 e. The summed E-state index contributed by atoms with van der Waals surface area (Å²) < 4.78 is 0. The lowest BCUT2D eigenvalue weighted by atomic mass is 10.1. The van der Waals surface area contributed by atoms with Gasteiger partial charge >= 0.3 is 0 Å². The van der Waals surface area contributed by atoms with Crippen molar-refractivity contribution in [3.63, 3.8) is 0 Å². The number of hydrogen-bond acceptors (Lipinski definition) is 5. The zero-order valence-electron chi connectivity index (χ0n) is 11.4. The van der Waals surface area contributed by atoms with E-state index >= 15 is 0 Å². The van der Waals surface area contributed by atoms with Gasteiger partial charge in [-0.25, -0.2) is 0 Å². The number of rotatable bonds is 6. The quantitative estimate of drug-likeness (QED) is 0.630. The number of amides is 2. The molecule has 0 atom stereocenters. The molecule has 2 amide bonds. The number of carbonyl (C=O) groups is 2. The topological polar surface area (TPSA) is 110 Å². The summed E-state index contributed by atoms with van der Waals surface area (Å²) in [5.41, 5.74) is 11.5. The summed E-state index contributed by atoms with van der Waals surface area (Å²) in [4.78, 5) is 23.4. The van der Waals surface area contributed by atoms with Crippen LogP contribution in [0.1, 0.15) is 40.3 Å².